The van der Waals surface area contributed by atoms with Gasteiger partial charge in [-0.05, 0) is 65.9 Å². The lowest BCUT2D eigenvalue weighted by atomic mass is 10.1. The standard InChI is InChI=1S/C26H20Cl2N2O5S/c1-34-22-8-3-2-7-20(22)29-24(31)14-30-25(32)23(36-26(30)33)13-17-12-19(28)9-10-21(17)35-15-16-5-4-6-18(27)11-16/h2-13H,14-15H2,1H3,(H,29,31)/b23-13+. The number of nitrogens with one attached hydrogen (secondary N) is 1. The largest absolute Gasteiger partial charge is 0.495 e. The van der Waals surface area contributed by atoms with Crippen molar-refractivity contribution < 1.29 is 23.9 Å². The molecule has 1 N–H and O–H groups in total. The predicted octanol–water partition coefficient (Wildman–Crippen LogP) is 6.26. The summed E-state index contributed by atoms with van der Waals surface area (Å²) in [4.78, 5) is 39.1. The molecule has 10 heteroatoms. The van der Waals surface area contributed by atoms with Crippen molar-refractivity contribution >= 4 is 63.8 Å². The van der Waals surface area contributed by atoms with E-state index in [9.17, 15) is 14.4 Å². The van der Waals surface area contributed by atoms with Gasteiger partial charge in [0.2, 0.25) is 5.91 Å². The molecule has 0 aromatic heterocycles. The number of ether oxygens (including phenoxy) is 2. The average Bonchev–Trinajstić information content (AvgIpc) is 3.11. The number of benzene rings is 3. The lowest BCUT2D eigenvalue weighted by Gasteiger charge is -2.14. The molecule has 3 aromatic rings. The fraction of sp³-hybridized carbons (Fsp3) is 0.115. The Morgan fingerprint density at radius 1 is 1.00 bits per heavy atom. The third kappa shape index (κ3) is 6.20. The molecule has 0 spiro atoms. The van der Waals surface area contributed by atoms with Crippen molar-refractivity contribution in [3.05, 3.63) is 92.8 Å². The van der Waals surface area contributed by atoms with E-state index in [1.807, 2.05) is 12.1 Å². The van der Waals surface area contributed by atoms with Crippen LogP contribution in [0.5, 0.6) is 11.5 Å². The highest BCUT2D eigenvalue weighted by Gasteiger charge is 2.36. The molecule has 1 heterocycles. The van der Waals surface area contributed by atoms with E-state index in [1.54, 1.807) is 54.6 Å². The molecule has 0 saturated carbocycles. The molecule has 184 valence electrons. The molecule has 0 atom stereocenters. The summed E-state index contributed by atoms with van der Waals surface area (Å²) in [7, 11) is 1.48. The number of carbonyl (C=O) groups excluding carboxylic acids is 3. The molecule has 0 bridgehead atoms. The van der Waals surface area contributed by atoms with Crippen LogP contribution in [0.2, 0.25) is 10.0 Å². The zero-order valence-electron chi connectivity index (χ0n) is 19.0. The van der Waals surface area contributed by atoms with Crippen LogP contribution in [0.4, 0.5) is 10.5 Å². The van der Waals surface area contributed by atoms with Gasteiger partial charge in [-0.2, -0.15) is 0 Å². The molecule has 1 saturated heterocycles. The van der Waals surface area contributed by atoms with Crippen LogP contribution < -0.4 is 14.8 Å². The second-order valence-electron chi connectivity index (χ2n) is 7.62. The Bertz CT molecular complexity index is 1360. The van der Waals surface area contributed by atoms with Crippen LogP contribution in [-0.4, -0.2) is 35.6 Å². The van der Waals surface area contributed by atoms with Crippen LogP contribution in [0.15, 0.2) is 71.6 Å². The van der Waals surface area contributed by atoms with Gasteiger partial charge in [0, 0.05) is 15.6 Å². The molecule has 3 aromatic carbocycles. The van der Waals surface area contributed by atoms with Crippen molar-refractivity contribution in [1.82, 2.24) is 4.90 Å². The van der Waals surface area contributed by atoms with Gasteiger partial charge in [-0.15, -0.1) is 0 Å². The van der Waals surface area contributed by atoms with Crippen molar-refractivity contribution in [2.75, 3.05) is 19.0 Å². The number of anilines is 1. The minimum absolute atomic E-state index is 0.153. The fourth-order valence-corrected chi connectivity index (χ4v) is 4.63. The number of hydrogen-bond donors (Lipinski definition) is 1. The molecule has 1 aliphatic rings. The molecule has 3 amide bonds. The van der Waals surface area contributed by atoms with Crippen molar-refractivity contribution in [2.45, 2.75) is 6.61 Å². The lowest BCUT2D eigenvalue weighted by Crippen LogP contribution is -2.36. The molecular weight excluding hydrogens is 523 g/mol. The van der Waals surface area contributed by atoms with E-state index in [-0.39, 0.29) is 11.5 Å². The maximum absolute atomic E-state index is 13.0. The van der Waals surface area contributed by atoms with Gasteiger partial charge in [-0.25, -0.2) is 0 Å². The first kappa shape index (κ1) is 25.6. The molecule has 4 rings (SSSR count). The Labute approximate surface area is 222 Å². The van der Waals surface area contributed by atoms with Crippen molar-refractivity contribution in [1.29, 1.82) is 0 Å². The molecule has 1 aliphatic heterocycles. The van der Waals surface area contributed by atoms with Gasteiger partial charge in [0.15, 0.2) is 0 Å². The topological polar surface area (TPSA) is 84.9 Å². The molecule has 0 unspecified atom stereocenters. The summed E-state index contributed by atoms with van der Waals surface area (Å²) in [6.07, 6.45) is 1.53. The summed E-state index contributed by atoms with van der Waals surface area (Å²) < 4.78 is 11.1. The first-order chi connectivity index (χ1) is 17.3. The molecule has 0 aliphatic carbocycles. The lowest BCUT2D eigenvalue weighted by molar-refractivity contribution is -0.127. The number of nitrogens with zero attached hydrogens (tertiary/aromatic N) is 1. The van der Waals surface area contributed by atoms with E-state index in [0.717, 1.165) is 22.2 Å². The minimum atomic E-state index is -0.582. The van der Waals surface area contributed by atoms with Crippen LogP contribution in [-0.2, 0) is 16.2 Å². The Morgan fingerprint density at radius 2 is 1.78 bits per heavy atom. The monoisotopic (exact) mass is 542 g/mol. The number of amides is 3. The van der Waals surface area contributed by atoms with Gasteiger partial charge in [0.1, 0.15) is 24.7 Å². The summed E-state index contributed by atoms with van der Waals surface area (Å²) >= 11 is 12.9. The summed E-state index contributed by atoms with van der Waals surface area (Å²) in [6, 6.07) is 19.1. The van der Waals surface area contributed by atoms with Gasteiger partial charge in [-0.3, -0.25) is 19.3 Å². The fourth-order valence-electron chi connectivity index (χ4n) is 3.41. The Balaban J connectivity index is 1.49. The number of hydrogen-bond acceptors (Lipinski definition) is 6. The summed E-state index contributed by atoms with van der Waals surface area (Å²) in [6.45, 7) is -0.193. The number of methoxy groups -OCH3 is 1. The second-order valence-corrected chi connectivity index (χ2v) is 9.48. The Morgan fingerprint density at radius 3 is 2.56 bits per heavy atom. The maximum atomic E-state index is 13.0. The molecule has 36 heavy (non-hydrogen) atoms. The summed E-state index contributed by atoms with van der Waals surface area (Å²) in [5.41, 5.74) is 1.83. The number of rotatable bonds is 8. The number of imide groups is 1. The third-order valence-corrected chi connectivity index (χ3v) is 6.48. The number of thioether (sulfide) groups is 1. The average molecular weight is 543 g/mol. The van der Waals surface area contributed by atoms with E-state index in [4.69, 9.17) is 32.7 Å². The third-order valence-electron chi connectivity index (χ3n) is 5.10. The first-order valence-corrected chi connectivity index (χ1v) is 12.3. The molecule has 1 fully saturated rings. The van der Waals surface area contributed by atoms with Gasteiger partial charge in [0.25, 0.3) is 11.1 Å². The normalized spacial score (nSPS) is 14.3. The smallest absolute Gasteiger partial charge is 0.294 e. The van der Waals surface area contributed by atoms with Crippen molar-refractivity contribution in [3.63, 3.8) is 0 Å². The zero-order chi connectivity index (χ0) is 25.7. The predicted molar refractivity (Wildman–Crippen MR) is 142 cm³/mol. The summed E-state index contributed by atoms with van der Waals surface area (Å²) in [5.74, 6) is -0.177. The minimum Gasteiger partial charge on any atom is -0.495 e. The number of halogens is 2. The molecular formula is C26H20Cl2N2O5S. The number of para-hydroxylation sites is 2. The SMILES string of the molecule is COc1ccccc1NC(=O)CN1C(=O)S/C(=C/c2cc(Cl)ccc2OCc2cccc(Cl)c2)C1=O. The number of carbonyl (C=O) groups is 3. The van der Waals surface area contributed by atoms with Crippen LogP contribution in [0.1, 0.15) is 11.1 Å². The van der Waals surface area contributed by atoms with Crippen LogP contribution in [0.3, 0.4) is 0 Å². The van der Waals surface area contributed by atoms with Crippen LogP contribution >= 0.6 is 35.0 Å². The molecule has 7 nitrogen and oxygen atoms in total. The maximum Gasteiger partial charge on any atom is 0.294 e. The highest BCUT2D eigenvalue weighted by atomic mass is 35.5. The highest BCUT2D eigenvalue weighted by Crippen LogP contribution is 2.35. The van der Waals surface area contributed by atoms with Crippen LogP contribution in [0.25, 0.3) is 6.08 Å². The van der Waals surface area contributed by atoms with E-state index in [1.165, 1.54) is 13.2 Å². The van der Waals surface area contributed by atoms with Gasteiger partial charge in [0.05, 0.1) is 17.7 Å². The van der Waals surface area contributed by atoms with Gasteiger partial charge >= 0.3 is 0 Å². The van der Waals surface area contributed by atoms with E-state index >= 15 is 0 Å². The van der Waals surface area contributed by atoms with Crippen molar-refractivity contribution in [3.8, 4) is 11.5 Å². The highest BCUT2D eigenvalue weighted by molar-refractivity contribution is 8.18. The van der Waals surface area contributed by atoms with E-state index in [0.29, 0.717) is 32.8 Å². The van der Waals surface area contributed by atoms with Gasteiger partial charge in [-0.1, -0.05) is 47.5 Å². The zero-order valence-corrected chi connectivity index (χ0v) is 21.3. The van der Waals surface area contributed by atoms with Crippen LogP contribution in [0, 0.1) is 0 Å². The quantitative estimate of drug-likeness (QED) is 0.338. The first-order valence-electron chi connectivity index (χ1n) is 10.7. The van der Waals surface area contributed by atoms with Crippen molar-refractivity contribution in [2.24, 2.45) is 0 Å². The van der Waals surface area contributed by atoms with E-state index < -0.39 is 23.6 Å². The Hall–Kier alpha value is -3.46. The Kier molecular flexibility index (Phi) is 8.20. The van der Waals surface area contributed by atoms with E-state index in [2.05, 4.69) is 5.32 Å². The summed E-state index contributed by atoms with van der Waals surface area (Å²) in [5, 5.41) is 3.14. The second kappa shape index (κ2) is 11.5. The molecule has 0 radical (unpaired) electrons. The van der Waals surface area contributed by atoms with Gasteiger partial charge < -0.3 is 14.8 Å².